The molecule has 0 unspecified atom stereocenters. The topological polar surface area (TPSA) is 115 Å². The summed E-state index contributed by atoms with van der Waals surface area (Å²) in [6.45, 7) is 1.87. The van der Waals surface area contributed by atoms with E-state index in [0.29, 0.717) is 38.0 Å². The number of sulfonamides is 1. The molecule has 10 heteroatoms. The van der Waals surface area contributed by atoms with Crippen molar-refractivity contribution < 1.29 is 22.6 Å². The van der Waals surface area contributed by atoms with Gasteiger partial charge in [0.05, 0.1) is 6.10 Å². The van der Waals surface area contributed by atoms with Gasteiger partial charge in [-0.1, -0.05) is 6.07 Å². The minimum absolute atomic E-state index is 0.0228. The van der Waals surface area contributed by atoms with Crippen molar-refractivity contribution in [1.29, 1.82) is 0 Å². The molecule has 2 aromatic rings. The molecular weight excluding hydrogens is 372 g/mol. The summed E-state index contributed by atoms with van der Waals surface area (Å²) in [4.78, 5) is 12.4. The second-order valence-corrected chi connectivity index (χ2v) is 8.85. The van der Waals surface area contributed by atoms with E-state index < -0.39 is 10.0 Å². The number of nitrogens with zero attached hydrogens (tertiary/aromatic N) is 3. The second-order valence-electron chi connectivity index (χ2n) is 6.95. The number of aromatic nitrogens is 2. The number of benzene rings is 1. The number of hydrogen-bond donors (Lipinski definition) is 1. The van der Waals surface area contributed by atoms with Gasteiger partial charge in [0.2, 0.25) is 15.9 Å². The minimum atomic E-state index is -3.71. The summed E-state index contributed by atoms with van der Waals surface area (Å²) in [7, 11) is -3.71. The first-order valence-corrected chi connectivity index (χ1v) is 10.6. The number of carbonyl (C=O) groups excluding carboxylic acids is 1. The number of carbonyl (C=O) groups is 1. The smallest absolute Gasteiger partial charge is 0.245 e. The van der Waals surface area contributed by atoms with Crippen LogP contribution in [0, 0.1) is 5.92 Å². The third kappa shape index (κ3) is 3.69. The Morgan fingerprint density at radius 1 is 1.22 bits per heavy atom. The van der Waals surface area contributed by atoms with Crippen molar-refractivity contribution in [3.63, 3.8) is 0 Å². The van der Waals surface area contributed by atoms with E-state index in [1.54, 1.807) is 12.1 Å². The van der Waals surface area contributed by atoms with Crippen molar-refractivity contribution in [1.82, 2.24) is 19.9 Å². The van der Waals surface area contributed by atoms with E-state index in [1.165, 1.54) is 10.4 Å². The molecule has 0 radical (unpaired) electrons. The molecule has 4 rings (SSSR count). The van der Waals surface area contributed by atoms with E-state index in [2.05, 4.69) is 20.3 Å². The zero-order valence-corrected chi connectivity index (χ0v) is 15.7. The number of fused-ring (bicyclic) bond motifs is 1. The van der Waals surface area contributed by atoms with Gasteiger partial charge in [0.15, 0.2) is 5.52 Å². The highest BCUT2D eigenvalue weighted by atomic mass is 32.2. The fourth-order valence-electron chi connectivity index (χ4n) is 3.65. The van der Waals surface area contributed by atoms with Gasteiger partial charge in [-0.05, 0) is 48.1 Å². The average Bonchev–Trinajstić information content (AvgIpc) is 3.37. The monoisotopic (exact) mass is 394 g/mol. The zero-order chi connectivity index (χ0) is 18.9. The van der Waals surface area contributed by atoms with Crippen LogP contribution in [-0.2, 0) is 19.6 Å². The SMILES string of the molecule is O=C(NC[C@@H]1CCCO1)C1CCN(S(=O)(=O)c2cccc3nonc23)CC1. The summed E-state index contributed by atoms with van der Waals surface area (Å²) in [5, 5.41) is 10.3. The van der Waals surface area contributed by atoms with Gasteiger partial charge in [0.25, 0.3) is 0 Å². The number of hydrogen-bond acceptors (Lipinski definition) is 7. The molecule has 3 heterocycles. The Hall–Kier alpha value is -2.04. The molecule has 2 aliphatic rings. The molecule has 27 heavy (non-hydrogen) atoms. The van der Waals surface area contributed by atoms with E-state index >= 15 is 0 Å². The molecule has 1 N–H and O–H groups in total. The first kappa shape index (κ1) is 18.3. The molecule has 0 aliphatic carbocycles. The highest BCUT2D eigenvalue weighted by molar-refractivity contribution is 7.89. The van der Waals surface area contributed by atoms with Crippen molar-refractivity contribution >= 4 is 27.0 Å². The molecule has 2 aliphatic heterocycles. The lowest BCUT2D eigenvalue weighted by Crippen LogP contribution is -2.44. The lowest BCUT2D eigenvalue weighted by molar-refractivity contribution is -0.126. The summed E-state index contributed by atoms with van der Waals surface area (Å²) in [6, 6.07) is 4.77. The van der Waals surface area contributed by atoms with Crippen LogP contribution in [0.1, 0.15) is 25.7 Å². The van der Waals surface area contributed by atoms with E-state index in [0.717, 1.165) is 19.4 Å². The quantitative estimate of drug-likeness (QED) is 0.802. The lowest BCUT2D eigenvalue weighted by Gasteiger charge is -2.30. The van der Waals surface area contributed by atoms with E-state index in [-0.39, 0.29) is 28.3 Å². The number of amides is 1. The highest BCUT2D eigenvalue weighted by Crippen LogP contribution is 2.27. The maximum absolute atomic E-state index is 13.0. The fraction of sp³-hybridized carbons (Fsp3) is 0.588. The van der Waals surface area contributed by atoms with Gasteiger partial charge in [-0.2, -0.15) is 4.31 Å². The molecule has 9 nitrogen and oxygen atoms in total. The van der Waals surface area contributed by atoms with Gasteiger partial charge < -0.3 is 10.1 Å². The predicted octanol–water partition coefficient (Wildman–Crippen LogP) is 0.919. The molecule has 0 saturated carbocycles. The van der Waals surface area contributed by atoms with Crippen LogP contribution in [0.3, 0.4) is 0 Å². The zero-order valence-electron chi connectivity index (χ0n) is 14.8. The summed E-state index contributed by atoms with van der Waals surface area (Å²) < 4.78 is 37.5. The second kappa shape index (κ2) is 7.53. The van der Waals surface area contributed by atoms with Crippen LogP contribution in [0.4, 0.5) is 0 Å². The first-order chi connectivity index (χ1) is 13.1. The van der Waals surface area contributed by atoms with Gasteiger partial charge in [0.1, 0.15) is 10.4 Å². The lowest BCUT2D eigenvalue weighted by atomic mass is 9.97. The van der Waals surface area contributed by atoms with Gasteiger partial charge in [-0.15, -0.1) is 0 Å². The summed E-state index contributed by atoms with van der Waals surface area (Å²) in [5.41, 5.74) is 0.633. The Bertz CT molecular complexity index is 914. The Morgan fingerprint density at radius 3 is 2.78 bits per heavy atom. The van der Waals surface area contributed by atoms with E-state index in [4.69, 9.17) is 4.74 Å². The largest absolute Gasteiger partial charge is 0.376 e. The molecule has 1 atom stereocenters. The third-order valence-corrected chi connectivity index (χ3v) is 7.15. The Labute approximate surface area is 157 Å². The molecule has 2 fully saturated rings. The van der Waals surface area contributed by atoms with Crippen LogP contribution in [0.25, 0.3) is 11.0 Å². The Balaban J connectivity index is 1.38. The molecule has 1 aromatic heterocycles. The standard InChI is InChI=1S/C17H22N4O5S/c22-17(18-11-13-3-2-10-25-13)12-6-8-21(9-7-12)27(23,24)15-5-1-4-14-16(15)20-26-19-14/h1,4-5,12-13H,2-3,6-11H2,(H,18,22)/t13-/m0/s1. The van der Waals surface area contributed by atoms with Gasteiger partial charge in [0, 0.05) is 32.2 Å². The number of piperidine rings is 1. The highest BCUT2D eigenvalue weighted by Gasteiger charge is 2.34. The van der Waals surface area contributed by atoms with Gasteiger partial charge in [-0.25, -0.2) is 13.0 Å². The molecule has 146 valence electrons. The normalized spacial score (nSPS) is 22.3. The van der Waals surface area contributed by atoms with Crippen molar-refractivity contribution in [3.8, 4) is 0 Å². The van der Waals surface area contributed by atoms with Crippen molar-refractivity contribution in [2.24, 2.45) is 5.92 Å². The Morgan fingerprint density at radius 2 is 2.04 bits per heavy atom. The average molecular weight is 394 g/mol. The van der Waals surface area contributed by atoms with Crippen LogP contribution in [0.15, 0.2) is 27.7 Å². The van der Waals surface area contributed by atoms with Crippen LogP contribution in [0.2, 0.25) is 0 Å². The van der Waals surface area contributed by atoms with E-state index in [9.17, 15) is 13.2 Å². The van der Waals surface area contributed by atoms with Crippen LogP contribution < -0.4 is 5.32 Å². The number of nitrogens with one attached hydrogen (secondary N) is 1. The van der Waals surface area contributed by atoms with Crippen LogP contribution in [0.5, 0.6) is 0 Å². The first-order valence-electron chi connectivity index (χ1n) is 9.16. The van der Waals surface area contributed by atoms with Gasteiger partial charge in [-0.3, -0.25) is 4.79 Å². The van der Waals surface area contributed by atoms with E-state index in [1.807, 2.05) is 0 Å². The predicted molar refractivity (Wildman–Crippen MR) is 95.3 cm³/mol. The maximum Gasteiger partial charge on any atom is 0.245 e. The molecule has 0 spiro atoms. The van der Waals surface area contributed by atoms with Crippen LogP contribution in [-0.4, -0.2) is 61.3 Å². The Kier molecular flexibility index (Phi) is 5.11. The maximum atomic E-state index is 13.0. The molecule has 1 aromatic carbocycles. The molecule has 0 bridgehead atoms. The minimum Gasteiger partial charge on any atom is -0.376 e. The number of rotatable bonds is 5. The molecule has 2 saturated heterocycles. The van der Waals surface area contributed by atoms with Crippen molar-refractivity contribution in [3.05, 3.63) is 18.2 Å². The molecule has 1 amide bonds. The summed E-state index contributed by atoms with van der Waals surface area (Å²) in [5.74, 6) is -0.201. The summed E-state index contributed by atoms with van der Waals surface area (Å²) in [6.07, 6.45) is 3.09. The van der Waals surface area contributed by atoms with Gasteiger partial charge >= 0.3 is 0 Å². The van der Waals surface area contributed by atoms with Crippen LogP contribution >= 0.6 is 0 Å². The third-order valence-electron chi connectivity index (χ3n) is 5.22. The fourth-order valence-corrected chi connectivity index (χ4v) is 5.26. The van der Waals surface area contributed by atoms with Crippen molar-refractivity contribution in [2.75, 3.05) is 26.2 Å². The molecular formula is C17H22N4O5S. The summed E-state index contributed by atoms with van der Waals surface area (Å²) >= 11 is 0. The number of ether oxygens (including phenoxy) is 1. The van der Waals surface area contributed by atoms with Crippen molar-refractivity contribution in [2.45, 2.75) is 36.7 Å².